The number of ether oxygens (including phenoxy) is 1. The first-order chi connectivity index (χ1) is 7.72. The number of thioether (sulfide) groups is 2. The molecule has 0 saturated carbocycles. The fourth-order valence-corrected chi connectivity index (χ4v) is 2.53. The van der Waals surface area contributed by atoms with E-state index in [4.69, 9.17) is 4.74 Å². The van der Waals surface area contributed by atoms with Crippen LogP contribution in [0.1, 0.15) is 24.3 Å². The lowest BCUT2D eigenvalue weighted by Gasteiger charge is -2.07. The molecule has 0 aliphatic rings. The standard InChI is InChI=1S/C11H15NO2S2/c1-4-15-8-6-7-9(16-5-2)12-10(8)11(13)14-3/h6-7H,4-5H2,1-3H3. The minimum atomic E-state index is -0.366. The smallest absolute Gasteiger partial charge is 0.357 e. The lowest BCUT2D eigenvalue weighted by Crippen LogP contribution is -2.07. The van der Waals surface area contributed by atoms with E-state index in [9.17, 15) is 4.79 Å². The lowest BCUT2D eigenvalue weighted by molar-refractivity contribution is 0.0589. The van der Waals surface area contributed by atoms with E-state index in [1.165, 1.54) is 7.11 Å². The molecule has 88 valence electrons. The summed E-state index contributed by atoms with van der Waals surface area (Å²) in [5.41, 5.74) is 0.424. The Morgan fingerprint density at radius 2 is 2.00 bits per heavy atom. The Labute approximate surface area is 104 Å². The van der Waals surface area contributed by atoms with E-state index in [2.05, 4.69) is 11.9 Å². The first kappa shape index (κ1) is 13.4. The van der Waals surface area contributed by atoms with Gasteiger partial charge in [-0.1, -0.05) is 13.8 Å². The Morgan fingerprint density at radius 1 is 1.31 bits per heavy atom. The molecule has 1 heterocycles. The SMILES string of the molecule is CCSc1ccc(SCC)c(C(=O)OC)n1. The van der Waals surface area contributed by atoms with Crippen LogP contribution in [0.5, 0.6) is 0 Å². The Morgan fingerprint density at radius 3 is 2.56 bits per heavy atom. The van der Waals surface area contributed by atoms with Gasteiger partial charge in [-0.05, 0) is 23.6 Å². The molecule has 0 aliphatic heterocycles. The normalized spacial score (nSPS) is 10.2. The molecule has 0 amide bonds. The summed E-state index contributed by atoms with van der Waals surface area (Å²) in [6.07, 6.45) is 0. The van der Waals surface area contributed by atoms with Gasteiger partial charge in [0.25, 0.3) is 0 Å². The zero-order valence-corrected chi connectivity index (χ0v) is 11.3. The van der Waals surface area contributed by atoms with Crippen LogP contribution in [-0.2, 0) is 4.74 Å². The molecule has 5 heteroatoms. The van der Waals surface area contributed by atoms with Crippen molar-refractivity contribution in [2.24, 2.45) is 0 Å². The summed E-state index contributed by atoms with van der Waals surface area (Å²) < 4.78 is 4.73. The van der Waals surface area contributed by atoms with Crippen molar-refractivity contribution in [3.05, 3.63) is 17.8 Å². The Kier molecular flexibility index (Phi) is 5.69. The van der Waals surface area contributed by atoms with Crippen molar-refractivity contribution in [3.63, 3.8) is 0 Å². The third kappa shape index (κ3) is 3.42. The van der Waals surface area contributed by atoms with Crippen molar-refractivity contribution in [1.29, 1.82) is 0 Å². The van der Waals surface area contributed by atoms with Gasteiger partial charge in [0, 0.05) is 4.90 Å². The molecule has 1 aromatic heterocycles. The van der Waals surface area contributed by atoms with Crippen molar-refractivity contribution < 1.29 is 9.53 Å². The van der Waals surface area contributed by atoms with Crippen LogP contribution in [0.25, 0.3) is 0 Å². The summed E-state index contributed by atoms with van der Waals surface area (Å²) in [5, 5.41) is 0.864. The first-order valence-electron chi connectivity index (χ1n) is 5.07. The van der Waals surface area contributed by atoms with E-state index in [1.54, 1.807) is 23.5 Å². The number of rotatable bonds is 5. The number of carbonyl (C=O) groups excluding carboxylic acids is 1. The highest BCUT2D eigenvalue weighted by Gasteiger charge is 2.14. The van der Waals surface area contributed by atoms with E-state index >= 15 is 0 Å². The second-order valence-corrected chi connectivity index (χ2v) is 5.44. The summed E-state index contributed by atoms with van der Waals surface area (Å²) in [6.45, 7) is 4.10. The number of hydrogen-bond donors (Lipinski definition) is 0. The largest absolute Gasteiger partial charge is 0.464 e. The van der Waals surface area contributed by atoms with E-state index in [0.29, 0.717) is 5.69 Å². The number of methoxy groups -OCH3 is 1. The van der Waals surface area contributed by atoms with Crippen LogP contribution in [-0.4, -0.2) is 29.6 Å². The fraction of sp³-hybridized carbons (Fsp3) is 0.455. The van der Waals surface area contributed by atoms with Crippen LogP contribution in [0, 0.1) is 0 Å². The Balaban J connectivity index is 3.05. The molecule has 1 aromatic rings. The highest BCUT2D eigenvalue weighted by atomic mass is 32.2. The zero-order chi connectivity index (χ0) is 12.0. The molecule has 1 rings (SSSR count). The molecule has 0 fully saturated rings. The maximum atomic E-state index is 11.6. The van der Waals surface area contributed by atoms with Gasteiger partial charge in [-0.2, -0.15) is 0 Å². The third-order valence-corrected chi connectivity index (χ3v) is 3.54. The summed E-state index contributed by atoms with van der Waals surface area (Å²) in [6, 6.07) is 3.88. The molecule has 0 spiro atoms. The van der Waals surface area contributed by atoms with E-state index in [-0.39, 0.29) is 5.97 Å². The molecule has 0 atom stereocenters. The second kappa shape index (κ2) is 6.81. The molecule has 0 radical (unpaired) electrons. The highest BCUT2D eigenvalue weighted by Crippen LogP contribution is 2.25. The minimum Gasteiger partial charge on any atom is -0.464 e. The average Bonchev–Trinajstić information content (AvgIpc) is 2.31. The van der Waals surface area contributed by atoms with Gasteiger partial charge in [-0.3, -0.25) is 0 Å². The molecule has 3 nitrogen and oxygen atoms in total. The predicted octanol–water partition coefficient (Wildman–Crippen LogP) is 3.09. The second-order valence-electron chi connectivity index (χ2n) is 2.85. The van der Waals surface area contributed by atoms with Crippen molar-refractivity contribution in [1.82, 2.24) is 4.98 Å². The molecule has 16 heavy (non-hydrogen) atoms. The van der Waals surface area contributed by atoms with Crippen molar-refractivity contribution >= 4 is 29.5 Å². The van der Waals surface area contributed by atoms with Crippen molar-refractivity contribution in [2.75, 3.05) is 18.6 Å². The van der Waals surface area contributed by atoms with E-state index in [1.807, 2.05) is 19.1 Å². The predicted molar refractivity (Wildman–Crippen MR) is 68.4 cm³/mol. The molecular weight excluding hydrogens is 242 g/mol. The van der Waals surface area contributed by atoms with E-state index in [0.717, 1.165) is 21.4 Å². The molecule has 0 saturated heterocycles. The van der Waals surface area contributed by atoms with Gasteiger partial charge < -0.3 is 4.74 Å². The number of aromatic nitrogens is 1. The number of esters is 1. The van der Waals surface area contributed by atoms with Gasteiger partial charge >= 0.3 is 5.97 Å². The molecule has 0 unspecified atom stereocenters. The summed E-state index contributed by atoms with van der Waals surface area (Å²) >= 11 is 3.22. The Bertz CT molecular complexity index is 369. The van der Waals surface area contributed by atoms with Crippen LogP contribution in [0.4, 0.5) is 0 Å². The number of carbonyl (C=O) groups is 1. The van der Waals surface area contributed by atoms with Crippen molar-refractivity contribution in [3.8, 4) is 0 Å². The quantitative estimate of drug-likeness (QED) is 0.598. The molecule has 0 bridgehead atoms. The number of pyridine rings is 1. The Hall–Kier alpha value is -0.680. The van der Waals surface area contributed by atoms with Crippen LogP contribution in [0.3, 0.4) is 0 Å². The van der Waals surface area contributed by atoms with Crippen LogP contribution in [0.2, 0.25) is 0 Å². The monoisotopic (exact) mass is 257 g/mol. The maximum Gasteiger partial charge on any atom is 0.357 e. The highest BCUT2D eigenvalue weighted by molar-refractivity contribution is 7.99. The number of nitrogens with zero attached hydrogens (tertiary/aromatic N) is 1. The topological polar surface area (TPSA) is 39.2 Å². The average molecular weight is 257 g/mol. The first-order valence-corrected chi connectivity index (χ1v) is 7.05. The zero-order valence-electron chi connectivity index (χ0n) is 9.65. The number of hydrogen-bond acceptors (Lipinski definition) is 5. The van der Waals surface area contributed by atoms with Gasteiger partial charge in [0.1, 0.15) is 0 Å². The van der Waals surface area contributed by atoms with Gasteiger partial charge in [-0.25, -0.2) is 9.78 Å². The van der Waals surface area contributed by atoms with Crippen molar-refractivity contribution in [2.45, 2.75) is 23.8 Å². The summed E-state index contributed by atoms with van der Waals surface area (Å²) in [7, 11) is 1.38. The van der Waals surface area contributed by atoms with Crippen LogP contribution < -0.4 is 0 Å². The van der Waals surface area contributed by atoms with Gasteiger partial charge in [-0.15, -0.1) is 23.5 Å². The lowest BCUT2D eigenvalue weighted by atomic mass is 10.3. The molecule has 0 N–H and O–H groups in total. The van der Waals surface area contributed by atoms with Crippen LogP contribution >= 0.6 is 23.5 Å². The molecule has 0 aliphatic carbocycles. The maximum absolute atomic E-state index is 11.6. The van der Waals surface area contributed by atoms with Crippen LogP contribution in [0.15, 0.2) is 22.1 Å². The van der Waals surface area contributed by atoms with E-state index < -0.39 is 0 Å². The molecule has 0 aromatic carbocycles. The van der Waals surface area contributed by atoms with Gasteiger partial charge in [0.15, 0.2) is 5.69 Å². The van der Waals surface area contributed by atoms with Gasteiger partial charge in [0.2, 0.25) is 0 Å². The fourth-order valence-electron chi connectivity index (χ4n) is 1.17. The summed E-state index contributed by atoms with van der Waals surface area (Å²) in [4.78, 5) is 16.8. The summed E-state index contributed by atoms with van der Waals surface area (Å²) in [5.74, 6) is 1.48. The third-order valence-electron chi connectivity index (χ3n) is 1.80. The molecular formula is C11H15NO2S2. The minimum absolute atomic E-state index is 0.366. The van der Waals surface area contributed by atoms with Gasteiger partial charge in [0.05, 0.1) is 12.1 Å².